The molecule has 2 saturated heterocycles. The Labute approximate surface area is 202 Å². The van der Waals surface area contributed by atoms with Gasteiger partial charge in [0.25, 0.3) is 11.8 Å². The van der Waals surface area contributed by atoms with Gasteiger partial charge in [0.2, 0.25) is 11.6 Å². The Kier molecular flexibility index (Phi) is 5.67. The van der Waals surface area contributed by atoms with Gasteiger partial charge in [0.15, 0.2) is 6.61 Å². The number of ether oxygens (including phenoxy) is 1. The third-order valence-corrected chi connectivity index (χ3v) is 7.89. The van der Waals surface area contributed by atoms with Gasteiger partial charge in [-0.25, -0.2) is 4.79 Å². The van der Waals surface area contributed by atoms with E-state index in [0.29, 0.717) is 17.8 Å². The molecule has 9 heteroatoms. The molecular weight excluding hydrogens is 454 g/mol. The molecular formula is C25H27N3O5S. The number of benzene rings is 1. The van der Waals surface area contributed by atoms with Crippen LogP contribution in [0.2, 0.25) is 0 Å². The molecule has 0 unspecified atom stereocenters. The van der Waals surface area contributed by atoms with Crippen LogP contribution in [-0.4, -0.2) is 58.3 Å². The number of nitrogens with zero attached hydrogens (tertiary/aromatic N) is 3. The first-order chi connectivity index (χ1) is 16.4. The Morgan fingerprint density at radius 3 is 2.71 bits per heavy atom. The Bertz CT molecular complexity index is 1150. The fourth-order valence-corrected chi connectivity index (χ4v) is 6.41. The molecule has 0 aliphatic carbocycles. The third-order valence-electron chi connectivity index (χ3n) is 6.91. The lowest BCUT2D eigenvalue weighted by Crippen LogP contribution is -2.70. The van der Waals surface area contributed by atoms with Gasteiger partial charge in [0.05, 0.1) is 17.3 Å². The molecule has 3 aliphatic rings. The standard InChI is InChI=1S/C25H27N3O5S/c1-16(2)27-23(31)17-7-3-4-8-18(17)28-21(29)11-12-25(27,28)24(32)33-15-22(30)26-13-5-9-19(26)20-10-6-14-34-20/h3-4,6-8,10,14,16,19H,5,9,11-13,15H2,1-2H3/t19-,25+/m1/s1. The first-order valence-electron chi connectivity index (χ1n) is 11.6. The number of carbonyl (C=O) groups is 4. The van der Waals surface area contributed by atoms with E-state index in [2.05, 4.69) is 0 Å². The maximum absolute atomic E-state index is 13.7. The number of hydrogen-bond acceptors (Lipinski definition) is 6. The van der Waals surface area contributed by atoms with Crippen molar-refractivity contribution in [1.29, 1.82) is 0 Å². The molecule has 0 bridgehead atoms. The zero-order chi connectivity index (χ0) is 24.0. The van der Waals surface area contributed by atoms with Crippen LogP contribution in [0.25, 0.3) is 0 Å². The van der Waals surface area contributed by atoms with E-state index in [-0.39, 0.29) is 42.6 Å². The molecule has 0 radical (unpaired) electrons. The predicted octanol–water partition coefficient (Wildman–Crippen LogP) is 3.34. The van der Waals surface area contributed by atoms with Crippen LogP contribution in [0.3, 0.4) is 0 Å². The van der Waals surface area contributed by atoms with Crippen molar-refractivity contribution in [3.63, 3.8) is 0 Å². The fourth-order valence-electron chi connectivity index (χ4n) is 5.54. The van der Waals surface area contributed by atoms with Crippen molar-refractivity contribution in [3.05, 3.63) is 52.2 Å². The van der Waals surface area contributed by atoms with E-state index < -0.39 is 18.2 Å². The lowest BCUT2D eigenvalue weighted by molar-refractivity contribution is -0.163. The second-order valence-corrected chi connectivity index (χ2v) is 10.1. The molecule has 8 nitrogen and oxygen atoms in total. The van der Waals surface area contributed by atoms with Crippen LogP contribution in [0.15, 0.2) is 41.8 Å². The maximum atomic E-state index is 13.7. The van der Waals surface area contributed by atoms with E-state index in [0.717, 1.165) is 17.7 Å². The minimum absolute atomic E-state index is 0.00998. The number of anilines is 1. The summed E-state index contributed by atoms with van der Waals surface area (Å²) in [7, 11) is 0. The number of rotatable bonds is 5. The molecule has 3 amide bonds. The van der Waals surface area contributed by atoms with Gasteiger partial charge < -0.3 is 14.5 Å². The van der Waals surface area contributed by atoms with Crippen LogP contribution < -0.4 is 4.90 Å². The highest BCUT2D eigenvalue weighted by atomic mass is 32.1. The number of carbonyl (C=O) groups excluding carboxylic acids is 4. The quantitative estimate of drug-likeness (QED) is 0.612. The van der Waals surface area contributed by atoms with E-state index >= 15 is 0 Å². The highest BCUT2D eigenvalue weighted by Crippen LogP contribution is 2.46. The first kappa shape index (κ1) is 22.6. The van der Waals surface area contributed by atoms with E-state index in [1.54, 1.807) is 40.5 Å². The van der Waals surface area contributed by atoms with Crippen LogP contribution in [0, 0.1) is 0 Å². The molecule has 2 atom stereocenters. The lowest BCUT2D eigenvalue weighted by atomic mass is 9.95. The van der Waals surface area contributed by atoms with Crippen LogP contribution >= 0.6 is 11.3 Å². The summed E-state index contributed by atoms with van der Waals surface area (Å²) < 4.78 is 5.60. The third kappa shape index (κ3) is 3.33. The van der Waals surface area contributed by atoms with Crippen molar-refractivity contribution < 1.29 is 23.9 Å². The first-order valence-corrected chi connectivity index (χ1v) is 12.5. The van der Waals surface area contributed by atoms with Crippen molar-refractivity contribution in [2.24, 2.45) is 0 Å². The summed E-state index contributed by atoms with van der Waals surface area (Å²) in [6.07, 6.45) is 2.00. The number of thiophene rings is 1. The lowest BCUT2D eigenvalue weighted by Gasteiger charge is -2.50. The monoisotopic (exact) mass is 481 g/mol. The zero-order valence-corrected chi connectivity index (χ0v) is 20.0. The minimum Gasteiger partial charge on any atom is -0.452 e. The fraction of sp³-hybridized carbons (Fsp3) is 0.440. The summed E-state index contributed by atoms with van der Waals surface area (Å²) in [6.45, 7) is 3.80. The van der Waals surface area contributed by atoms with Crippen LogP contribution in [0.1, 0.15) is 60.8 Å². The average molecular weight is 482 g/mol. The molecule has 0 spiro atoms. The minimum atomic E-state index is -1.59. The summed E-state index contributed by atoms with van der Waals surface area (Å²) in [4.78, 5) is 58.9. The van der Waals surface area contributed by atoms with Crippen molar-refractivity contribution in [2.75, 3.05) is 18.1 Å². The van der Waals surface area contributed by atoms with Gasteiger partial charge in [-0.05, 0) is 50.3 Å². The average Bonchev–Trinajstić information content (AvgIpc) is 3.57. The summed E-state index contributed by atoms with van der Waals surface area (Å²) in [5, 5.41) is 1.99. The molecule has 178 valence electrons. The largest absolute Gasteiger partial charge is 0.452 e. The Balaban J connectivity index is 1.42. The Hall–Kier alpha value is -3.20. The number of hydrogen-bond donors (Lipinski definition) is 0. The summed E-state index contributed by atoms with van der Waals surface area (Å²) in [5.41, 5.74) is -0.802. The van der Waals surface area contributed by atoms with Crippen LogP contribution in [0.5, 0.6) is 0 Å². The van der Waals surface area contributed by atoms with Gasteiger partial charge in [-0.1, -0.05) is 18.2 Å². The van der Waals surface area contributed by atoms with Gasteiger partial charge in [-0.2, -0.15) is 0 Å². The molecule has 3 aliphatic heterocycles. The van der Waals surface area contributed by atoms with Crippen molar-refractivity contribution in [1.82, 2.24) is 9.80 Å². The normalized spacial score (nSPS) is 24.0. The van der Waals surface area contributed by atoms with E-state index in [9.17, 15) is 19.2 Å². The van der Waals surface area contributed by atoms with Gasteiger partial charge in [0.1, 0.15) is 0 Å². The smallest absolute Gasteiger partial charge is 0.354 e. The molecule has 1 aromatic heterocycles. The van der Waals surface area contributed by atoms with Crippen LogP contribution in [0.4, 0.5) is 5.69 Å². The second-order valence-electron chi connectivity index (χ2n) is 9.17. The molecule has 2 fully saturated rings. The van der Waals surface area contributed by atoms with Gasteiger partial charge in [-0.3, -0.25) is 19.3 Å². The van der Waals surface area contributed by atoms with Crippen molar-refractivity contribution in [2.45, 2.75) is 57.3 Å². The number of fused-ring (bicyclic) bond motifs is 3. The van der Waals surface area contributed by atoms with Gasteiger partial charge >= 0.3 is 5.97 Å². The molecule has 2 aromatic rings. The van der Waals surface area contributed by atoms with Crippen molar-refractivity contribution in [3.8, 4) is 0 Å². The number of para-hydroxylation sites is 1. The van der Waals surface area contributed by atoms with Gasteiger partial charge in [-0.15, -0.1) is 11.3 Å². The van der Waals surface area contributed by atoms with Crippen LogP contribution in [-0.2, 0) is 19.1 Å². The molecule has 1 aromatic carbocycles. The molecule has 0 N–H and O–H groups in total. The maximum Gasteiger partial charge on any atom is 0.354 e. The van der Waals surface area contributed by atoms with Gasteiger partial charge in [0, 0.05) is 30.3 Å². The highest BCUT2D eigenvalue weighted by molar-refractivity contribution is 7.10. The number of esters is 1. The molecule has 34 heavy (non-hydrogen) atoms. The predicted molar refractivity (Wildman–Crippen MR) is 126 cm³/mol. The topological polar surface area (TPSA) is 87.2 Å². The number of amides is 3. The second kappa shape index (κ2) is 8.54. The van der Waals surface area contributed by atoms with Crippen molar-refractivity contribution >= 4 is 40.7 Å². The SMILES string of the molecule is CC(C)N1C(=O)c2ccccc2N2C(=O)CC[C@@]21C(=O)OCC(=O)N1CCC[C@@H]1c1cccs1. The summed E-state index contributed by atoms with van der Waals surface area (Å²) >= 11 is 1.61. The molecule has 0 saturated carbocycles. The van der Waals surface area contributed by atoms with E-state index in [1.165, 1.54) is 9.80 Å². The zero-order valence-electron chi connectivity index (χ0n) is 19.2. The summed E-state index contributed by atoms with van der Waals surface area (Å²) in [5.74, 6) is -1.58. The molecule has 5 rings (SSSR count). The molecule has 4 heterocycles. The number of likely N-dealkylation sites (tertiary alicyclic amines) is 1. The Morgan fingerprint density at radius 1 is 1.18 bits per heavy atom. The Morgan fingerprint density at radius 2 is 1.97 bits per heavy atom. The summed E-state index contributed by atoms with van der Waals surface area (Å²) in [6, 6.07) is 10.4. The highest BCUT2D eigenvalue weighted by Gasteiger charge is 2.62. The van der Waals surface area contributed by atoms with E-state index in [1.807, 2.05) is 31.4 Å². The van der Waals surface area contributed by atoms with E-state index in [4.69, 9.17) is 4.74 Å².